The van der Waals surface area contributed by atoms with Crippen molar-refractivity contribution >= 4 is 18.0 Å². The molecule has 186 valence electrons. The van der Waals surface area contributed by atoms with E-state index in [0.717, 1.165) is 27.2 Å². The average Bonchev–Trinajstić information content (AvgIpc) is 3.15. The molecule has 10 heteroatoms. The fraction of sp³-hybridized carbons (Fsp3) is 0.400. The van der Waals surface area contributed by atoms with E-state index >= 15 is 0 Å². The third kappa shape index (κ3) is 5.43. The van der Waals surface area contributed by atoms with Crippen LogP contribution in [-0.2, 0) is 14.3 Å². The van der Waals surface area contributed by atoms with Gasteiger partial charge in [0.25, 0.3) is 6.43 Å². The second-order valence-electron chi connectivity index (χ2n) is 8.84. The van der Waals surface area contributed by atoms with Crippen molar-refractivity contribution in [2.45, 2.75) is 37.3 Å². The van der Waals surface area contributed by atoms with E-state index < -0.39 is 48.9 Å². The Labute approximate surface area is 200 Å². The van der Waals surface area contributed by atoms with Crippen LogP contribution in [0.4, 0.5) is 13.6 Å². The Morgan fingerprint density at radius 2 is 1.63 bits per heavy atom. The van der Waals surface area contributed by atoms with Gasteiger partial charge in [0.1, 0.15) is 12.6 Å². The number of carbonyl (C=O) groups excluding carboxylic acids is 2. The Hall–Kier alpha value is -3.53. The Bertz CT molecular complexity index is 1070. The summed E-state index contributed by atoms with van der Waals surface area (Å²) < 4.78 is 32.5. The number of benzene rings is 2. The van der Waals surface area contributed by atoms with E-state index in [9.17, 15) is 33.4 Å². The number of ether oxygens (including phenoxy) is 1. The Kier molecular flexibility index (Phi) is 7.30. The number of carboxylic acid groups (broad SMARTS) is 1. The summed E-state index contributed by atoms with van der Waals surface area (Å²) in [6.07, 6.45) is -5.96. The number of alkyl halides is 2. The Balaban J connectivity index is 1.37. The van der Waals surface area contributed by atoms with Crippen LogP contribution in [0.3, 0.4) is 0 Å². The summed E-state index contributed by atoms with van der Waals surface area (Å²) in [7, 11) is 0. The molecule has 0 saturated carbocycles. The first kappa shape index (κ1) is 24.6. The zero-order valence-electron chi connectivity index (χ0n) is 18.8. The van der Waals surface area contributed by atoms with Crippen LogP contribution >= 0.6 is 0 Å². The minimum atomic E-state index is -3.05. The highest BCUT2D eigenvalue weighted by atomic mass is 19.3. The normalized spacial score (nSPS) is 20.2. The number of carbonyl (C=O) groups is 3. The summed E-state index contributed by atoms with van der Waals surface area (Å²) in [5, 5.41) is 21.1. The van der Waals surface area contributed by atoms with Crippen molar-refractivity contribution in [3.8, 4) is 11.1 Å². The molecule has 1 fully saturated rings. The SMILES string of the molecule is O=C(NC(CC(=O)N1CC(O)CC(C(=O)O)C1)C(F)F)OCC1c2ccccc2-c2ccccc21. The number of aliphatic hydroxyl groups excluding tert-OH is 1. The van der Waals surface area contributed by atoms with Gasteiger partial charge in [-0.3, -0.25) is 9.59 Å². The van der Waals surface area contributed by atoms with Crippen molar-refractivity contribution in [2.24, 2.45) is 5.92 Å². The van der Waals surface area contributed by atoms with Gasteiger partial charge < -0.3 is 25.2 Å². The van der Waals surface area contributed by atoms with Crippen molar-refractivity contribution in [1.82, 2.24) is 10.2 Å². The lowest BCUT2D eigenvalue weighted by atomic mass is 9.95. The molecule has 1 heterocycles. The van der Waals surface area contributed by atoms with Gasteiger partial charge in [-0.25, -0.2) is 13.6 Å². The van der Waals surface area contributed by atoms with Crippen LogP contribution in [0.15, 0.2) is 48.5 Å². The van der Waals surface area contributed by atoms with E-state index in [4.69, 9.17) is 4.74 Å². The number of nitrogens with zero attached hydrogens (tertiary/aromatic N) is 1. The lowest BCUT2D eigenvalue weighted by Crippen LogP contribution is -2.51. The molecule has 2 amide bonds. The van der Waals surface area contributed by atoms with Gasteiger partial charge in [-0.15, -0.1) is 0 Å². The molecular formula is C25H26F2N2O6. The number of aliphatic carboxylic acids is 1. The number of carboxylic acids is 1. The number of fused-ring (bicyclic) bond motifs is 3. The van der Waals surface area contributed by atoms with Crippen molar-refractivity contribution in [3.05, 3.63) is 59.7 Å². The number of alkyl carbamates (subject to hydrolysis) is 1. The smallest absolute Gasteiger partial charge is 0.407 e. The minimum Gasteiger partial charge on any atom is -0.481 e. The molecule has 0 bridgehead atoms. The summed E-state index contributed by atoms with van der Waals surface area (Å²) in [5.41, 5.74) is 3.99. The van der Waals surface area contributed by atoms with Crippen molar-refractivity contribution in [3.63, 3.8) is 0 Å². The zero-order valence-corrected chi connectivity index (χ0v) is 18.8. The molecule has 1 aliphatic heterocycles. The third-order valence-corrected chi connectivity index (χ3v) is 6.48. The molecule has 3 unspecified atom stereocenters. The van der Waals surface area contributed by atoms with Crippen molar-refractivity contribution in [2.75, 3.05) is 19.7 Å². The number of rotatable bonds is 7. The molecule has 2 aliphatic rings. The summed E-state index contributed by atoms with van der Waals surface area (Å²) in [6.45, 7) is -0.405. The number of hydrogen-bond donors (Lipinski definition) is 3. The molecule has 4 rings (SSSR count). The van der Waals surface area contributed by atoms with Crippen molar-refractivity contribution in [1.29, 1.82) is 0 Å². The maximum atomic E-state index is 13.6. The van der Waals surface area contributed by atoms with Crippen LogP contribution in [0.1, 0.15) is 29.9 Å². The first-order valence-electron chi connectivity index (χ1n) is 11.3. The first-order valence-corrected chi connectivity index (χ1v) is 11.3. The number of halogens is 2. The van der Waals surface area contributed by atoms with Crippen LogP contribution in [0.25, 0.3) is 11.1 Å². The average molecular weight is 488 g/mol. The quantitative estimate of drug-likeness (QED) is 0.552. The van der Waals surface area contributed by atoms with E-state index in [1.165, 1.54) is 0 Å². The minimum absolute atomic E-state index is 0.0185. The molecule has 3 N–H and O–H groups in total. The van der Waals surface area contributed by atoms with E-state index in [1.807, 2.05) is 48.5 Å². The molecule has 0 spiro atoms. The van der Waals surface area contributed by atoms with E-state index in [2.05, 4.69) is 5.32 Å². The number of piperidine rings is 1. The third-order valence-electron chi connectivity index (χ3n) is 6.48. The highest BCUT2D eigenvalue weighted by Crippen LogP contribution is 2.44. The highest BCUT2D eigenvalue weighted by molar-refractivity contribution is 5.80. The number of likely N-dealkylation sites (tertiary alicyclic amines) is 1. The predicted octanol–water partition coefficient (Wildman–Crippen LogP) is 2.84. The lowest BCUT2D eigenvalue weighted by Gasteiger charge is -2.34. The number of aliphatic hydroxyl groups is 1. The Morgan fingerprint density at radius 3 is 2.20 bits per heavy atom. The Morgan fingerprint density at radius 1 is 1.03 bits per heavy atom. The number of hydrogen-bond acceptors (Lipinski definition) is 5. The summed E-state index contributed by atoms with van der Waals surface area (Å²) in [6, 6.07) is 13.6. The van der Waals surface area contributed by atoms with E-state index in [-0.39, 0.29) is 32.0 Å². The van der Waals surface area contributed by atoms with Gasteiger partial charge in [0.15, 0.2) is 0 Å². The van der Waals surface area contributed by atoms with Crippen LogP contribution in [0.5, 0.6) is 0 Å². The fourth-order valence-corrected chi connectivity index (χ4v) is 4.77. The molecule has 8 nitrogen and oxygen atoms in total. The molecule has 1 aliphatic carbocycles. The van der Waals surface area contributed by atoms with Crippen molar-refractivity contribution < 1.29 is 38.1 Å². The van der Waals surface area contributed by atoms with E-state index in [0.29, 0.717) is 0 Å². The van der Waals surface area contributed by atoms with Gasteiger partial charge in [0.2, 0.25) is 5.91 Å². The van der Waals surface area contributed by atoms with Crippen LogP contribution < -0.4 is 5.32 Å². The first-order chi connectivity index (χ1) is 16.7. The summed E-state index contributed by atoms with van der Waals surface area (Å²) in [4.78, 5) is 37.2. The van der Waals surface area contributed by atoms with Gasteiger partial charge in [0.05, 0.1) is 18.4 Å². The molecule has 0 radical (unpaired) electrons. The van der Waals surface area contributed by atoms with Gasteiger partial charge >= 0.3 is 12.1 Å². The fourth-order valence-electron chi connectivity index (χ4n) is 4.77. The maximum Gasteiger partial charge on any atom is 0.407 e. The molecular weight excluding hydrogens is 462 g/mol. The standard InChI is InChI=1S/C25H26F2N2O6/c26-23(27)21(10-22(31)29-11-14(24(32)33)9-15(30)12-29)28-25(34)35-13-20-18-7-3-1-5-16(18)17-6-2-4-8-19(17)20/h1-8,14-15,20-21,23,30H,9-13H2,(H,28,34)(H,32,33). The van der Waals surface area contributed by atoms with Crippen LogP contribution in [-0.4, -0.2) is 71.4 Å². The number of β-amino-alcohol motifs (C(OH)–C–C–N with tert-alkyl or cyclic N) is 1. The molecule has 1 saturated heterocycles. The van der Waals surface area contributed by atoms with E-state index in [1.54, 1.807) is 0 Å². The monoisotopic (exact) mass is 488 g/mol. The maximum absolute atomic E-state index is 13.6. The van der Waals surface area contributed by atoms with Gasteiger partial charge in [0, 0.05) is 19.0 Å². The summed E-state index contributed by atoms with van der Waals surface area (Å²) in [5.74, 6) is -3.19. The van der Waals surface area contributed by atoms with Gasteiger partial charge in [-0.05, 0) is 28.7 Å². The second-order valence-corrected chi connectivity index (χ2v) is 8.84. The number of nitrogens with one attached hydrogen (secondary N) is 1. The molecule has 2 aromatic rings. The van der Waals surface area contributed by atoms with Crippen LogP contribution in [0, 0.1) is 5.92 Å². The van der Waals surface area contributed by atoms with Gasteiger partial charge in [-0.2, -0.15) is 0 Å². The largest absolute Gasteiger partial charge is 0.481 e. The number of amides is 2. The van der Waals surface area contributed by atoms with Gasteiger partial charge in [-0.1, -0.05) is 48.5 Å². The summed E-state index contributed by atoms with van der Waals surface area (Å²) >= 11 is 0. The molecule has 3 atom stereocenters. The molecule has 2 aromatic carbocycles. The second kappa shape index (κ2) is 10.4. The molecule has 35 heavy (non-hydrogen) atoms. The molecule has 0 aromatic heterocycles. The van der Waals surface area contributed by atoms with Crippen LogP contribution in [0.2, 0.25) is 0 Å². The highest BCUT2D eigenvalue weighted by Gasteiger charge is 2.36. The topological polar surface area (TPSA) is 116 Å². The lowest BCUT2D eigenvalue weighted by molar-refractivity contribution is -0.149. The predicted molar refractivity (Wildman–Crippen MR) is 121 cm³/mol. The zero-order chi connectivity index (χ0) is 25.1.